The van der Waals surface area contributed by atoms with Gasteiger partial charge in [-0.3, -0.25) is 29.1 Å². The van der Waals surface area contributed by atoms with Gasteiger partial charge < -0.3 is 31.9 Å². The number of aromatic amines is 1. The molecule has 14 heteroatoms. The molecule has 14 nitrogen and oxygen atoms in total. The number of carboxylic acid groups (broad SMARTS) is 2. The van der Waals surface area contributed by atoms with E-state index in [1.807, 2.05) is 0 Å². The van der Waals surface area contributed by atoms with Crippen molar-refractivity contribution in [3.05, 3.63) is 40.2 Å². The lowest BCUT2D eigenvalue weighted by atomic mass is 10.1. The first-order valence-electron chi connectivity index (χ1n) is 10.2. The molecule has 180 valence electrons. The van der Waals surface area contributed by atoms with Gasteiger partial charge in [-0.2, -0.15) is 4.98 Å². The molecule has 2 aromatic rings. The topological polar surface area (TPSA) is 220 Å². The molecule has 1 aromatic heterocycles. The molecule has 1 unspecified atom stereocenters. The fourth-order valence-corrected chi connectivity index (χ4v) is 3.35. The predicted octanol–water partition coefficient (Wildman–Crippen LogP) is -0.731. The summed E-state index contributed by atoms with van der Waals surface area (Å²) in [5.74, 6) is -3.09. The van der Waals surface area contributed by atoms with E-state index >= 15 is 0 Å². The van der Waals surface area contributed by atoms with Gasteiger partial charge in [-0.05, 0) is 30.7 Å². The number of hydrogen-bond donors (Lipinski definition) is 7. The third-order valence-corrected chi connectivity index (χ3v) is 5.03. The number of fused-ring (bicyclic) bond motifs is 1. The Hall–Kier alpha value is -4.62. The van der Waals surface area contributed by atoms with Gasteiger partial charge in [-0.15, -0.1) is 0 Å². The van der Waals surface area contributed by atoms with Crippen molar-refractivity contribution in [1.82, 2.24) is 15.3 Å². The van der Waals surface area contributed by atoms with Crippen LogP contribution in [0.4, 0.5) is 23.1 Å². The SMILES string of the molecule is Nc1nc2c(c(=O)[nH]1)NC(CNc1ccc(C(=O)N[C@@H](CCC(=O)O)C(=O)O)cc1)CN2C=O. The number of nitrogen functional groups attached to an aromatic ring is 1. The zero-order valence-corrected chi connectivity index (χ0v) is 17.8. The second kappa shape index (κ2) is 10.3. The standard InChI is InChI=1S/C20H23N7O7/c21-20-25-16-15(18(32)26-20)23-12(8-27(16)9-28)7-22-11-3-1-10(2-4-11)17(31)24-13(19(33)34)5-6-14(29)30/h1-4,9,12-13,22-23H,5-8H2,(H,24,31)(H,29,30)(H,33,34)(H3,21,25,26,32)/t12?,13-/m0/s1. The molecule has 0 saturated heterocycles. The van der Waals surface area contributed by atoms with E-state index in [0.29, 0.717) is 18.6 Å². The lowest BCUT2D eigenvalue weighted by Crippen LogP contribution is -2.47. The molecule has 2 atom stereocenters. The summed E-state index contributed by atoms with van der Waals surface area (Å²) in [6.45, 7) is 0.544. The lowest BCUT2D eigenvalue weighted by Gasteiger charge is -2.32. The molecule has 0 fully saturated rings. The number of hydrogen-bond acceptors (Lipinski definition) is 9. The lowest BCUT2D eigenvalue weighted by molar-refractivity contribution is -0.140. The molecule has 0 bridgehead atoms. The monoisotopic (exact) mass is 473 g/mol. The number of aromatic nitrogens is 2. The molecular weight excluding hydrogens is 450 g/mol. The zero-order valence-electron chi connectivity index (χ0n) is 17.8. The van der Waals surface area contributed by atoms with Crippen LogP contribution in [0.1, 0.15) is 23.2 Å². The van der Waals surface area contributed by atoms with E-state index in [0.717, 1.165) is 0 Å². The molecule has 0 radical (unpaired) electrons. The number of anilines is 4. The van der Waals surface area contributed by atoms with Crippen LogP contribution in [0.2, 0.25) is 0 Å². The highest BCUT2D eigenvalue weighted by molar-refractivity contribution is 5.97. The number of amides is 2. The fourth-order valence-electron chi connectivity index (χ4n) is 3.35. The Morgan fingerprint density at radius 3 is 2.59 bits per heavy atom. The molecule has 0 spiro atoms. The highest BCUT2D eigenvalue weighted by Gasteiger charge is 2.27. The summed E-state index contributed by atoms with van der Waals surface area (Å²) >= 11 is 0. The van der Waals surface area contributed by atoms with E-state index in [4.69, 9.17) is 15.9 Å². The first kappa shape index (κ1) is 24.0. The maximum absolute atomic E-state index is 12.3. The Kier molecular flexibility index (Phi) is 7.30. The van der Waals surface area contributed by atoms with Crippen LogP contribution in [0.5, 0.6) is 0 Å². The Bertz CT molecular complexity index is 1150. The summed E-state index contributed by atoms with van der Waals surface area (Å²) in [5, 5.41) is 26.3. The average molecular weight is 473 g/mol. The van der Waals surface area contributed by atoms with E-state index < -0.39 is 35.9 Å². The third-order valence-electron chi connectivity index (χ3n) is 5.03. The summed E-state index contributed by atoms with van der Waals surface area (Å²) in [7, 11) is 0. The number of carboxylic acids is 2. The van der Waals surface area contributed by atoms with Crippen LogP contribution in [0.3, 0.4) is 0 Å². The van der Waals surface area contributed by atoms with Gasteiger partial charge in [0.15, 0.2) is 5.82 Å². The van der Waals surface area contributed by atoms with Crippen LogP contribution in [0, 0.1) is 0 Å². The molecule has 0 aliphatic carbocycles. The Morgan fingerprint density at radius 1 is 1.26 bits per heavy atom. The number of nitrogens with two attached hydrogens (primary N) is 1. The van der Waals surface area contributed by atoms with E-state index in [2.05, 4.69) is 25.9 Å². The summed E-state index contributed by atoms with van der Waals surface area (Å²) in [5.41, 5.74) is 5.99. The number of rotatable bonds is 10. The second-order valence-electron chi connectivity index (χ2n) is 7.50. The van der Waals surface area contributed by atoms with Crippen molar-refractivity contribution in [3.63, 3.8) is 0 Å². The van der Waals surface area contributed by atoms with Crippen molar-refractivity contribution in [3.8, 4) is 0 Å². The minimum absolute atomic E-state index is 0.102. The van der Waals surface area contributed by atoms with Crippen molar-refractivity contribution in [2.75, 3.05) is 34.4 Å². The van der Waals surface area contributed by atoms with Crippen LogP contribution < -0.4 is 32.1 Å². The van der Waals surface area contributed by atoms with Crippen LogP contribution in [-0.4, -0.2) is 69.6 Å². The van der Waals surface area contributed by atoms with E-state index in [1.165, 1.54) is 17.0 Å². The fraction of sp³-hybridized carbons (Fsp3) is 0.300. The van der Waals surface area contributed by atoms with Gasteiger partial charge in [-0.1, -0.05) is 0 Å². The van der Waals surface area contributed by atoms with Gasteiger partial charge in [0.1, 0.15) is 11.7 Å². The number of benzene rings is 1. The average Bonchev–Trinajstić information content (AvgIpc) is 2.80. The second-order valence-corrected chi connectivity index (χ2v) is 7.50. The van der Waals surface area contributed by atoms with Crippen LogP contribution in [0.25, 0.3) is 0 Å². The molecular formula is C20H23N7O7. The van der Waals surface area contributed by atoms with Crippen molar-refractivity contribution >= 4 is 47.4 Å². The number of aliphatic carboxylic acids is 2. The minimum atomic E-state index is -1.32. The number of carbonyl (C=O) groups is 4. The van der Waals surface area contributed by atoms with Crippen LogP contribution >= 0.6 is 0 Å². The van der Waals surface area contributed by atoms with Gasteiger partial charge in [0.25, 0.3) is 11.5 Å². The van der Waals surface area contributed by atoms with E-state index in [-0.39, 0.29) is 42.0 Å². The first-order chi connectivity index (χ1) is 16.2. The van der Waals surface area contributed by atoms with Crippen molar-refractivity contribution < 1.29 is 29.4 Å². The Morgan fingerprint density at radius 2 is 1.97 bits per heavy atom. The molecule has 3 rings (SSSR count). The maximum Gasteiger partial charge on any atom is 0.326 e. The van der Waals surface area contributed by atoms with Crippen LogP contribution in [-0.2, 0) is 14.4 Å². The molecule has 1 aliphatic heterocycles. The third kappa shape index (κ3) is 5.79. The Labute approximate surface area is 192 Å². The zero-order chi connectivity index (χ0) is 24.8. The first-order valence-corrected chi connectivity index (χ1v) is 10.2. The quantitative estimate of drug-likeness (QED) is 0.213. The largest absolute Gasteiger partial charge is 0.481 e. The van der Waals surface area contributed by atoms with Gasteiger partial charge >= 0.3 is 11.9 Å². The van der Waals surface area contributed by atoms with Crippen molar-refractivity contribution in [1.29, 1.82) is 0 Å². The Balaban J connectivity index is 1.60. The van der Waals surface area contributed by atoms with Crippen LogP contribution in [0.15, 0.2) is 29.1 Å². The molecule has 0 saturated carbocycles. The number of nitrogens with one attached hydrogen (secondary N) is 4. The normalized spacial score (nSPS) is 15.4. The molecule has 2 heterocycles. The molecule has 1 aliphatic rings. The van der Waals surface area contributed by atoms with E-state index in [1.54, 1.807) is 12.1 Å². The molecule has 34 heavy (non-hydrogen) atoms. The predicted molar refractivity (Wildman–Crippen MR) is 121 cm³/mol. The van der Waals surface area contributed by atoms with Gasteiger partial charge in [0.05, 0.1) is 6.04 Å². The molecule has 1 aromatic carbocycles. The summed E-state index contributed by atoms with van der Waals surface area (Å²) in [6, 6.07) is 4.50. The smallest absolute Gasteiger partial charge is 0.326 e. The molecule has 2 amide bonds. The van der Waals surface area contributed by atoms with E-state index in [9.17, 15) is 24.0 Å². The summed E-state index contributed by atoms with van der Waals surface area (Å²) in [6.07, 6.45) is -0.0697. The summed E-state index contributed by atoms with van der Waals surface area (Å²) in [4.78, 5) is 65.5. The summed E-state index contributed by atoms with van der Waals surface area (Å²) < 4.78 is 0. The van der Waals surface area contributed by atoms with Crippen molar-refractivity contribution in [2.24, 2.45) is 0 Å². The van der Waals surface area contributed by atoms with Gasteiger partial charge in [0.2, 0.25) is 12.4 Å². The number of H-pyrrole nitrogens is 1. The van der Waals surface area contributed by atoms with Gasteiger partial charge in [0, 0.05) is 30.8 Å². The van der Waals surface area contributed by atoms with Gasteiger partial charge in [-0.25, -0.2) is 4.79 Å². The highest BCUT2D eigenvalue weighted by Crippen LogP contribution is 2.24. The van der Waals surface area contributed by atoms with Crippen molar-refractivity contribution in [2.45, 2.75) is 24.9 Å². The number of nitrogens with zero attached hydrogens (tertiary/aromatic N) is 2. The highest BCUT2D eigenvalue weighted by atomic mass is 16.4. The molecule has 8 N–H and O–H groups in total. The maximum atomic E-state index is 12.3. The number of carbonyl (C=O) groups excluding carboxylic acids is 2. The minimum Gasteiger partial charge on any atom is -0.481 e.